The van der Waals surface area contributed by atoms with Crippen molar-refractivity contribution in [2.24, 2.45) is 11.8 Å². The Morgan fingerprint density at radius 2 is 1.80 bits per heavy atom. The maximum Gasteiger partial charge on any atom is 0.322 e. The summed E-state index contributed by atoms with van der Waals surface area (Å²) in [7, 11) is 0. The van der Waals surface area contributed by atoms with Crippen LogP contribution in [0.5, 0.6) is 5.75 Å². The highest BCUT2D eigenvalue weighted by molar-refractivity contribution is 5.96. The van der Waals surface area contributed by atoms with Crippen LogP contribution in [0.2, 0.25) is 0 Å². The van der Waals surface area contributed by atoms with Crippen molar-refractivity contribution in [2.45, 2.75) is 57.5 Å². The van der Waals surface area contributed by atoms with E-state index in [2.05, 4.69) is 64.6 Å². The lowest BCUT2D eigenvalue weighted by Gasteiger charge is -2.51. The zero-order valence-electron chi connectivity index (χ0n) is 23.6. The van der Waals surface area contributed by atoms with Crippen LogP contribution in [0.15, 0.2) is 53.6 Å². The van der Waals surface area contributed by atoms with Crippen molar-refractivity contribution in [1.82, 2.24) is 15.3 Å². The van der Waals surface area contributed by atoms with E-state index in [1.54, 1.807) is 6.92 Å². The fourth-order valence-corrected chi connectivity index (χ4v) is 7.75. The minimum Gasteiger partial charge on any atom is -0.504 e. The third-order valence-corrected chi connectivity index (χ3v) is 9.48. The summed E-state index contributed by atoms with van der Waals surface area (Å²) in [4.78, 5) is 35.9. The van der Waals surface area contributed by atoms with Crippen molar-refractivity contribution in [3.05, 3.63) is 82.0 Å². The number of hydrogen-bond acceptors (Lipinski definition) is 7. The van der Waals surface area contributed by atoms with E-state index in [-0.39, 0.29) is 34.9 Å². The Hall–Kier alpha value is -3.98. The molecule has 0 radical (unpaired) electrons. The van der Waals surface area contributed by atoms with Gasteiger partial charge in [0.2, 0.25) is 0 Å². The second kappa shape index (κ2) is 10.1. The minimum atomic E-state index is -1.18. The number of anilines is 1. The Morgan fingerprint density at radius 3 is 2.41 bits per heavy atom. The highest BCUT2D eigenvalue weighted by Gasteiger charge is 2.56. The molecule has 1 aromatic carbocycles. The number of aliphatic carboxylic acids is 1. The Balaban J connectivity index is 1.56. The van der Waals surface area contributed by atoms with Crippen LogP contribution < -0.4 is 10.2 Å². The summed E-state index contributed by atoms with van der Waals surface area (Å²) >= 11 is 0. The lowest BCUT2D eigenvalue weighted by atomic mass is 9.52. The maximum absolute atomic E-state index is 13.0. The summed E-state index contributed by atoms with van der Waals surface area (Å²) in [5, 5.41) is 32.6. The lowest BCUT2D eigenvalue weighted by molar-refractivity contribution is -0.135. The lowest BCUT2D eigenvalue weighted by Crippen LogP contribution is -2.50. The number of aliphatic hydroxyl groups excluding tert-OH is 1. The van der Waals surface area contributed by atoms with Crippen molar-refractivity contribution in [3.8, 4) is 5.75 Å². The molecular weight excluding hydrogens is 520 g/mol. The quantitative estimate of drug-likeness (QED) is 0.388. The number of rotatable bonds is 8. The molecule has 1 fully saturated rings. The van der Waals surface area contributed by atoms with Crippen molar-refractivity contribution in [1.29, 1.82) is 0 Å². The van der Waals surface area contributed by atoms with Gasteiger partial charge in [-0.05, 0) is 60.9 Å². The van der Waals surface area contributed by atoms with Gasteiger partial charge in [-0.1, -0.05) is 43.4 Å². The number of aromatic hydroxyl groups is 1. The summed E-state index contributed by atoms with van der Waals surface area (Å²) in [6.45, 7) is 6.80. The molecular formula is C32H36N4O5. The molecule has 9 nitrogen and oxygen atoms in total. The van der Waals surface area contributed by atoms with Gasteiger partial charge in [-0.3, -0.25) is 9.59 Å². The first-order valence-corrected chi connectivity index (χ1v) is 14.3. The van der Waals surface area contributed by atoms with Crippen LogP contribution in [-0.2, 0) is 16.6 Å². The highest BCUT2D eigenvalue weighted by Crippen LogP contribution is 2.61. The molecule has 2 aromatic rings. The number of carboxylic acids is 1. The molecule has 1 aromatic heterocycles. The van der Waals surface area contributed by atoms with E-state index in [1.165, 1.54) is 16.8 Å². The van der Waals surface area contributed by atoms with Gasteiger partial charge in [-0.2, -0.15) is 0 Å². The third kappa shape index (κ3) is 4.34. The standard InChI is InChI=1S/C32H36N4O5/c1-17(37)14-22-15-24-8-9-25(22)36-12-10-23(11-13-36)32(24,27-20-4-5-21(27)7-6-20)18(2)30-34-19(3)29(40)28(35-30)31(41)33-16-26(38)39/h4-9,15,17-18,23,27,37,40H,10-14,16H2,1-3H3,(H,33,41)(H,38,39). The van der Waals surface area contributed by atoms with Crippen molar-refractivity contribution in [2.75, 3.05) is 24.5 Å². The number of piperidine rings is 1. The van der Waals surface area contributed by atoms with Crippen molar-refractivity contribution >= 4 is 17.6 Å². The van der Waals surface area contributed by atoms with E-state index in [0.29, 0.717) is 12.2 Å². The van der Waals surface area contributed by atoms with Crippen LogP contribution in [0.1, 0.15) is 65.7 Å². The number of amides is 1. The second-order valence-electron chi connectivity index (χ2n) is 11.9. The maximum atomic E-state index is 13.0. The van der Waals surface area contributed by atoms with Gasteiger partial charge in [-0.15, -0.1) is 0 Å². The number of allylic oxidation sites excluding steroid dienone is 6. The number of aliphatic hydroxyl groups is 1. The molecule has 1 saturated heterocycles. The first kappa shape index (κ1) is 27.2. The van der Waals surface area contributed by atoms with Crippen LogP contribution >= 0.6 is 0 Å². The summed E-state index contributed by atoms with van der Waals surface area (Å²) in [6.07, 6.45) is 10.8. The molecule has 3 atom stereocenters. The number of benzene rings is 1. The van der Waals surface area contributed by atoms with E-state index in [4.69, 9.17) is 10.1 Å². The smallest absolute Gasteiger partial charge is 0.322 e. The zero-order chi connectivity index (χ0) is 29.1. The summed E-state index contributed by atoms with van der Waals surface area (Å²) < 4.78 is 0. The molecule has 0 spiro atoms. The van der Waals surface area contributed by atoms with Gasteiger partial charge < -0.3 is 25.5 Å². The largest absolute Gasteiger partial charge is 0.504 e. The minimum absolute atomic E-state index is 0.0689. The molecule has 5 aliphatic heterocycles. The summed E-state index contributed by atoms with van der Waals surface area (Å²) in [5.41, 5.74) is 5.52. The van der Waals surface area contributed by atoms with E-state index in [0.717, 1.165) is 37.1 Å². The number of hydrogen-bond donors (Lipinski definition) is 4. The monoisotopic (exact) mass is 556 g/mol. The van der Waals surface area contributed by atoms with Gasteiger partial charge in [0.1, 0.15) is 12.4 Å². The van der Waals surface area contributed by atoms with Crippen molar-refractivity contribution < 1.29 is 24.9 Å². The molecule has 41 heavy (non-hydrogen) atoms. The average Bonchev–Trinajstić information content (AvgIpc) is 3.57. The van der Waals surface area contributed by atoms with Gasteiger partial charge in [0.05, 0.1) is 11.8 Å². The van der Waals surface area contributed by atoms with E-state index >= 15 is 0 Å². The Morgan fingerprint density at radius 1 is 1.12 bits per heavy atom. The summed E-state index contributed by atoms with van der Waals surface area (Å²) in [6, 6.07) is 6.69. The Kier molecular flexibility index (Phi) is 6.72. The molecule has 3 unspecified atom stereocenters. The van der Waals surface area contributed by atoms with Gasteiger partial charge >= 0.3 is 5.97 Å². The number of aryl methyl sites for hydroxylation is 1. The molecule has 2 aliphatic carbocycles. The highest BCUT2D eigenvalue weighted by atomic mass is 16.4. The second-order valence-corrected chi connectivity index (χ2v) is 11.9. The molecule has 1 amide bonds. The first-order chi connectivity index (χ1) is 19.6. The number of aromatic nitrogens is 2. The van der Waals surface area contributed by atoms with Crippen molar-refractivity contribution in [3.63, 3.8) is 0 Å². The van der Waals surface area contributed by atoms with Crippen LogP contribution in [0.25, 0.3) is 0 Å². The van der Waals surface area contributed by atoms with Crippen LogP contribution in [-0.4, -0.2) is 62.9 Å². The molecule has 7 aliphatic rings. The fourth-order valence-electron chi connectivity index (χ4n) is 7.75. The van der Waals surface area contributed by atoms with E-state index < -0.39 is 29.9 Å². The average molecular weight is 557 g/mol. The third-order valence-electron chi connectivity index (χ3n) is 9.48. The number of carbonyl (C=O) groups excluding carboxylic acids is 1. The van der Waals surface area contributed by atoms with E-state index in [9.17, 15) is 19.8 Å². The number of nitrogens with zero attached hydrogens (tertiary/aromatic N) is 3. The molecule has 0 saturated carbocycles. The topological polar surface area (TPSA) is 136 Å². The SMILES string of the molecule is Cc1nc(C(C)C2(C3C4=CC=C3C=C4)c3ccc(c(CC(C)O)c3)N3CCC2CC3)nc(C(=O)NCC(=O)O)c1O. The van der Waals surface area contributed by atoms with Crippen LogP contribution in [0.4, 0.5) is 5.69 Å². The van der Waals surface area contributed by atoms with E-state index in [1.807, 2.05) is 6.92 Å². The normalized spacial score (nSPS) is 24.0. The zero-order valence-corrected chi connectivity index (χ0v) is 23.6. The molecule has 6 bridgehead atoms. The first-order valence-electron chi connectivity index (χ1n) is 14.3. The Labute approximate surface area is 239 Å². The molecule has 214 valence electrons. The number of fused-ring (bicyclic) bond motifs is 2. The predicted octanol–water partition coefficient (Wildman–Crippen LogP) is 3.55. The molecule has 9 rings (SSSR count). The fraction of sp³-hybridized carbons (Fsp3) is 0.438. The predicted molar refractivity (Wildman–Crippen MR) is 154 cm³/mol. The van der Waals surface area contributed by atoms with Gasteiger partial charge in [-0.25, -0.2) is 9.97 Å². The number of nitrogens with one attached hydrogen (secondary N) is 1. The number of carboxylic acid groups (broad SMARTS) is 1. The Bertz CT molecular complexity index is 1500. The van der Waals surface area contributed by atoms with Gasteiger partial charge in [0.25, 0.3) is 5.91 Å². The number of carbonyl (C=O) groups is 2. The summed E-state index contributed by atoms with van der Waals surface area (Å²) in [5.74, 6) is -1.78. The van der Waals surface area contributed by atoms with Gasteiger partial charge in [0, 0.05) is 42.4 Å². The van der Waals surface area contributed by atoms with Crippen LogP contribution in [0.3, 0.4) is 0 Å². The van der Waals surface area contributed by atoms with Crippen LogP contribution in [0, 0.1) is 18.8 Å². The van der Waals surface area contributed by atoms with Gasteiger partial charge in [0.15, 0.2) is 11.4 Å². The molecule has 4 N–H and O–H groups in total. The molecule has 9 heteroatoms. The molecule has 6 heterocycles.